The minimum absolute atomic E-state index is 0.114. The van der Waals surface area contributed by atoms with Crippen molar-refractivity contribution in [2.24, 2.45) is 5.92 Å². The Morgan fingerprint density at radius 2 is 2.07 bits per heavy atom. The Bertz CT molecular complexity index is 965. The van der Waals surface area contributed by atoms with Gasteiger partial charge in [0.15, 0.2) is 23.1 Å². The maximum absolute atomic E-state index is 12.9. The molecule has 1 aromatic carbocycles. The van der Waals surface area contributed by atoms with Crippen molar-refractivity contribution in [1.29, 1.82) is 0 Å². The second-order valence-corrected chi connectivity index (χ2v) is 7.21. The van der Waals surface area contributed by atoms with Crippen LogP contribution in [-0.2, 0) is 11.4 Å². The minimum atomic E-state index is -0.403. The number of benzene rings is 1. The molecule has 8 heteroatoms. The van der Waals surface area contributed by atoms with E-state index in [0.717, 1.165) is 17.7 Å². The first-order valence-electron chi connectivity index (χ1n) is 9.13. The van der Waals surface area contributed by atoms with Gasteiger partial charge in [-0.1, -0.05) is 13.0 Å². The smallest absolute Gasteiger partial charge is 0.226 e. The topological polar surface area (TPSA) is 98.5 Å². The van der Waals surface area contributed by atoms with Crippen LogP contribution in [0.3, 0.4) is 0 Å². The Kier molecular flexibility index (Phi) is 3.68. The number of anilines is 1. The second-order valence-electron chi connectivity index (χ2n) is 7.21. The molecule has 3 heterocycles. The Balaban J connectivity index is 1.67. The molecule has 140 valence electrons. The van der Waals surface area contributed by atoms with Gasteiger partial charge < -0.3 is 19.9 Å². The Morgan fingerprint density at radius 1 is 1.26 bits per heavy atom. The summed E-state index contributed by atoms with van der Waals surface area (Å²) in [6, 6.07) is 5.31. The van der Waals surface area contributed by atoms with E-state index in [2.05, 4.69) is 22.3 Å². The zero-order valence-electron chi connectivity index (χ0n) is 14.9. The summed E-state index contributed by atoms with van der Waals surface area (Å²) in [6.07, 6.45) is 1.29. The average molecular weight is 368 g/mol. The molecule has 5 rings (SSSR count). The molecule has 2 aliphatic heterocycles. The van der Waals surface area contributed by atoms with Crippen LogP contribution in [-0.4, -0.2) is 38.9 Å². The number of nitrogens with one attached hydrogen (secondary N) is 1. The van der Waals surface area contributed by atoms with Gasteiger partial charge in [0.1, 0.15) is 25.9 Å². The molecule has 0 saturated heterocycles. The SMILES string of the molecule is CC1CC(=O)C2=C(C1)Nc1nc(CO)nn1C2c1ccc2c(c1)OCCO2. The fourth-order valence-corrected chi connectivity index (χ4v) is 4.06. The molecule has 2 unspecified atom stereocenters. The molecule has 1 aromatic heterocycles. The third-order valence-corrected chi connectivity index (χ3v) is 5.19. The predicted octanol–water partition coefficient (Wildman–Crippen LogP) is 1.81. The van der Waals surface area contributed by atoms with Gasteiger partial charge in [-0.25, -0.2) is 4.68 Å². The van der Waals surface area contributed by atoms with Crippen molar-refractivity contribution in [3.05, 3.63) is 40.9 Å². The number of hydrogen-bond donors (Lipinski definition) is 2. The molecule has 1 aliphatic carbocycles. The summed E-state index contributed by atoms with van der Waals surface area (Å²) in [5.41, 5.74) is 2.49. The third kappa shape index (κ3) is 2.59. The quantitative estimate of drug-likeness (QED) is 0.834. The number of carbonyl (C=O) groups excluding carboxylic acids is 1. The van der Waals surface area contributed by atoms with Crippen molar-refractivity contribution >= 4 is 11.7 Å². The number of carbonyl (C=O) groups is 1. The number of aromatic nitrogens is 3. The Hall–Kier alpha value is -2.87. The summed E-state index contributed by atoms with van der Waals surface area (Å²) >= 11 is 0. The zero-order valence-corrected chi connectivity index (χ0v) is 14.9. The predicted molar refractivity (Wildman–Crippen MR) is 95.6 cm³/mol. The van der Waals surface area contributed by atoms with Gasteiger partial charge in [-0.05, 0) is 30.0 Å². The molecule has 27 heavy (non-hydrogen) atoms. The van der Waals surface area contributed by atoms with Crippen LogP contribution in [0.1, 0.15) is 37.2 Å². The number of rotatable bonds is 2. The first kappa shape index (κ1) is 16.3. The van der Waals surface area contributed by atoms with E-state index < -0.39 is 6.04 Å². The van der Waals surface area contributed by atoms with E-state index in [9.17, 15) is 9.90 Å². The van der Waals surface area contributed by atoms with Crippen LogP contribution in [0.5, 0.6) is 11.5 Å². The van der Waals surface area contributed by atoms with Crippen LogP contribution in [0, 0.1) is 5.92 Å². The largest absolute Gasteiger partial charge is 0.486 e. The summed E-state index contributed by atoms with van der Waals surface area (Å²) < 4.78 is 13.0. The number of allylic oxidation sites excluding steroid dienone is 2. The second kappa shape index (κ2) is 6.09. The molecule has 2 aromatic rings. The minimum Gasteiger partial charge on any atom is -0.486 e. The number of Topliss-reactive ketones (excluding diaryl/α,β-unsaturated/α-hetero) is 1. The molecule has 0 bridgehead atoms. The lowest BCUT2D eigenvalue weighted by atomic mass is 9.81. The number of aliphatic hydroxyl groups excluding tert-OH is 1. The first-order valence-corrected chi connectivity index (χ1v) is 9.13. The number of aliphatic hydroxyl groups is 1. The monoisotopic (exact) mass is 368 g/mol. The summed E-state index contributed by atoms with van der Waals surface area (Å²) in [6.45, 7) is 2.83. The van der Waals surface area contributed by atoms with Crippen molar-refractivity contribution in [2.75, 3.05) is 18.5 Å². The normalized spacial score (nSPS) is 23.6. The number of ether oxygens (including phenoxy) is 2. The van der Waals surface area contributed by atoms with Gasteiger partial charge in [0.05, 0.1) is 0 Å². The Morgan fingerprint density at radius 3 is 2.89 bits per heavy atom. The molecule has 0 saturated carbocycles. The zero-order chi connectivity index (χ0) is 18.5. The molecule has 0 amide bonds. The van der Waals surface area contributed by atoms with Gasteiger partial charge in [-0.15, -0.1) is 0 Å². The average Bonchev–Trinajstić information content (AvgIpc) is 3.08. The van der Waals surface area contributed by atoms with Gasteiger partial charge in [-0.3, -0.25) is 4.79 Å². The molecular formula is C19H20N4O4. The highest BCUT2D eigenvalue weighted by atomic mass is 16.6. The number of hydrogen-bond acceptors (Lipinski definition) is 7. The van der Waals surface area contributed by atoms with Crippen LogP contribution in [0.4, 0.5) is 5.95 Å². The van der Waals surface area contributed by atoms with E-state index in [0.29, 0.717) is 48.5 Å². The summed E-state index contributed by atoms with van der Waals surface area (Å²) in [4.78, 5) is 17.3. The van der Waals surface area contributed by atoms with Gasteiger partial charge in [0.25, 0.3) is 0 Å². The first-order chi connectivity index (χ1) is 13.1. The van der Waals surface area contributed by atoms with Crippen LogP contribution < -0.4 is 14.8 Å². The molecule has 2 atom stereocenters. The lowest BCUT2D eigenvalue weighted by Gasteiger charge is -2.34. The highest BCUT2D eigenvalue weighted by Gasteiger charge is 2.38. The molecule has 2 N–H and O–H groups in total. The lowest BCUT2D eigenvalue weighted by Crippen LogP contribution is -2.33. The van der Waals surface area contributed by atoms with Gasteiger partial charge in [0, 0.05) is 17.7 Å². The van der Waals surface area contributed by atoms with Crippen molar-refractivity contribution < 1.29 is 19.4 Å². The van der Waals surface area contributed by atoms with Crippen LogP contribution in [0.15, 0.2) is 29.5 Å². The van der Waals surface area contributed by atoms with Gasteiger partial charge in [-0.2, -0.15) is 10.1 Å². The van der Waals surface area contributed by atoms with Crippen LogP contribution in [0.2, 0.25) is 0 Å². The van der Waals surface area contributed by atoms with Crippen LogP contribution in [0.25, 0.3) is 0 Å². The van der Waals surface area contributed by atoms with Gasteiger partial charge >= 0.3 is 0 Å². The molecule has 0 spiro atoms. The van der Waals surface area contributed by atoms with Crippen molar-refractivity contribution in [2.45, 2.75) is 32.4 Å². The fourth-order valence-electron chi connectivity index (χ4n) is 4.06. The van der Waals surface area contributed by atoms with E-state index in [-0.39, 0.29) is 18.3 Å². The van der Waals surface area contributed by atoms with E-state index in [1.165, 1.54) is 0 Å². The summed E-state index contributed by atoms with van der Waals surface area (Å²) in [7, 11) is 0. The standard InChI is InChI=1S/C19H20N4O4/c1-10-6-12-17(13(25)7-10)18(23-19(20-12)21-16(9-24)22-23)11-2-3-14-15(8-11)27-5-4-26-14/h2-3,8,10,18,24H,4-7,9H2,1H3,(H,20,21,22). The maximum atomic E-state index is 12.9. The lowest BCUT2D eigenvalue weighted by molar-refractivity contribution is -0.117. The van der Waals surface area contributed by atoms with E-state index in [4.69, 9.17) is 9.47 Å². The van der Waals surface area contributed by atoms with Gasteiger partial charge in [0.2, 0.25) is 5.95 Å². The number of ketones is 1. The van der Waals surface area contributed by atoms with E-state index in [1.807, 2.05) is 18.2 Å². The van der Waals surface area contributed by atoms with E-state index >= 15 is 0 Å². The number of nitrogens with zero attached hydrogens (tertiary/aromatic N) is 3. The highest BCUT2D eigenvalue weighted by Crippen LogP contribution is 2.43. The molecule has 8 nitrogen and oxygen atoms in total. The molecular weight excluding hydrogens is 348 g/mol. The van der Waals surface area contributed by atoms with Crippen LogP contribution >= 0.6 is 0 Å². The van der Waals surface area contributed by atoms with E-state index in [1.54, 1.807) is 4.68 Å². The number of fused-ring (bicyclic) bond motifs is 2. The third-order valence-electron chi connectivity index (χ3n) is 5.19. The highest BCUT2D eigenvalue weighted by molar-refractivity contribution is 5.99. The van der Waals surface area contributed by atoms with Crippen molar-refractivity contribution in [3.63, 3.8) is 0 Å². The summed E-state index contributed by atoms with van der Waals surface area (Å²) in [5, 5.41) is 17.1. The van der Waals surface area contributed by atoms with Crippen molar-refractivity contribution in [3.8, 4) is 11.5 Å². The summed E-state index contributed by atoms with van der Waals surface area (Å²) in [5.74, 6) is 2.62. The molecule has 0 radical (unpaired) electrons. The van der Waals surface area contributed by atoms with Crippen molar-refractivity contribution in [1.82, 2.24) is 14.8 Å². The Labute approximate surface area is 155 Å². The maximum Gasteiger partial charge on any atom is 0.226 e. The molecule has 3 aliphatic rings. The molecule has 0 fully saturated rings. The fraction of sp³-hybridized carbons (Fsp3) is 0.421.